The second-order valence-electron chi connectivity index (χ2n) is 4.20. The predicted molar refractivity (Wildman–Crippen MR) is 67.8 cm³/mol. The van der Waals surface area contributed by atoms with Crippen LogP contribution in [0.2, 0.25) is 5.02 Å². The van der Waals surface area contributed by atoms with Crippen molar-refractivity contribution in [2.24, 2.45) is 0 Å². The highest BCUT2D eigenvalue weighted by Crippen LogP contribution is 2.22. The lowest BCUT2D eigenvalue weighted by Crippen LogP contribution is -2.65. The molecule has 2 rings (SSSR count). The van der Waals surface area contributed by atoms with Gasteiger partial charge in [0.25, 0.3) is 0 Å². The zero-order valence-corrected chi connectivity index (χ0v) is 10.5. The van der Waals surface area contributed by atoms with Gasteiger partial charge in [0.15, 0.2) is 0 Å². The van der Waals surface area contributed by atoms with Gasteiger partial charge in [-0.3, -0.25) is 10.1 Å². The van der Waals surface area contributed by atoms with Gasteiger partial charge < -0.3 is 10.6 Å². The van der Waals surface area contributed by atoms with E-state index in [4.69, 9.17) is 11.6 Å². The molecule has 1 unspecified atom stereocenters. The van der Waals surface area contributed by atoms with Gasteiger partial charge in [0.2, 0.25) is 5.91 Å². The molecule has 0 radical (unpaired) electrons. The maximum atomic E-state index is 11.4. The van der Waals surface area contributed by atoms with Gasteiger partial charge in [-0.1, -0.05) is 23.7 Å². The lowest BCUT2D eigenvalue weighted by molar-refractivity contribution is -0.121. The van der Waals surface area contributed by atoms with Gasteiger partial charge in [-0.2, -0.15) is 0 Å². The Balaban J connectivity index is 2.35. The number of carbonyl (C=O) groups is 1. The van der Waals surface area contributed by atoms with Gasteiger partial charge in [0.05, 0.1) is 0 Å². The number of nitrogens with one attached hydrogen (secondary N) is 3. The Morgan fingerprint density at radius 2 is 2.29 bits per heavy atom. The molecule has 0 saturated carbocycles. The minimum atomic E-state index is -0.561. The highest BCUT2D eigenvalue weighted by molar-refractivity contribution is 6.30. The van der Waals surface area contributed by atoms with Gasteiger partial charge >= 0.3 is 0 Å². The summed E-state index contributed by atoms with van der Waals surface area (Å²) in [6, 6.07) is 7.54. The van der Waals surface area contributed by atoms with Gasteiger partial charge in [-0.05, 0) is 17.7 Å². The maximum Gasteiger partial charge on any atom is 0.218 e. The quantitative estimate of drug-likeness (QED) is 0.732. The molecule has 4 nitrogen and oxygen atoms in total. The van der Waals surface area contributed by atoms with E-state index in [1.54, 1.807) is 0 Å². The monoisotopic (exact) mass is 253 g/mol. The lowest BCUT2D eigenvalue weighted by atomic mass is 9.97. The van der Waals surface area contributed by atoms with Crippen molar-refractivity contribution in [3.63, 3.8) is 0 Å². The summed E-state index contributed by atoms with van der Waals surface area (Å²) < 4.78 is 0. The highest BCUT2D eigenvalue weighted by atomic mass is 35.5. The van der Waals surface area contributed by atoms with Crippen LogP contribution in [-0.4, -0.2) is 25.5 Å². The van der Waals surface area contributed by atoms with Crippen LogP contribution in [0.3, 0.4) is 0 Å². The lowest BCUT2D eigenvalue weighted by Gasteiger charge is -2.39. The minimum absolute atomic E-state index is 0.0684. The van der Waals surface area contributed by atoms with E-state index in [0.29, 0.717) is 11.6 Å². The zero-order valence-electron chi connectivity index (χ0n) is 9.72. The van der Waals surface area contributed by atoms with E-state index in [-0.39, 0.29) is 5.91 Å². The Kier molecular flexibility index (Phi) is 3.66. The molecule has 3 N–H and O–H groups in total. The van der Waals surface area contributed by atoms with Gasteiger partial charge in [-0.25, -0.2) is 0 Å². The predicted octanol–water partition coefficient (Wildman–Crippen LogP) is 0.822. The first kappa shape index (κ1) is 12.4. The third-order valence-electron chi connectivity index (χ3n) is 2.83. The Morgan fingerprint density at radius 3 is 2.88 bits per heavy atom. The zero-order chi connectivity index (χ0) is 12.3. The minimum Gasteiger partial charge on any atom is -0.333 e. The summed E-state index contributed by atoms with van der Waals surface area (Å²) in [5.41, 5.74) is 0.405. The number of benzene rings is 1. The molecule has 1 aliphatic rings. The molecule has 1 aromatic rings. The van der Waals surface area contributed by atoms with Crippen molar-refractivity contribution in [3.8, 4) is 0 Å². The summed E-state index contributed by atoms with van der Waals surface area (Å²) in [6.07, 6.45) is 0. The summed E-state index contributed by atoms with van der Waals surface area (Å²) in [5, 5.41) is 10.3. The van der Waals surface area contributed by atoms with Crippen LogP contribution in [0.5, 0.6) is 0 Å². The second kappa shape index (κ2) is 5.04. The molecule has 92 valence electrons. The van der Waals surface area contributed by atoms with Crippen LogP contribution in [0, 0.1) is 0 Å². The molecular weight excluding hydrogens is 238 g/mol. The topological polar surface area (TPSA) is 53.2 Å². The normalized spacial score (nSPS) is 24.4. The molecule has 5 heteroatoms. The molecule has 1 amide bonds. The van der Waals surface area contributed by atoms with E-state index >= 15 is 0 Å². The molecular formula is C12H16ClN3O. The Morgan fingerprint density at radius 1 is 1.47 bits per heavy atom. The molecule has 0 aromatic heterocycles. The number of rotatable bonds is 2. The van der Waals surface area contributed by atoms with Gasteiger partial charge in [-0.15, -0.1) is 0 Å². The number of halogens is 1. The molecule has 0 aliphatic carbocycles. The van der Waals surface area contributed by atoms with Crippen molar-refractivity contribution in [2.45, 2.75) is 12.6 Å². The molecule has 1 aromatic carbocycles. The molecule has 1 aliphatic heterocycles. The first-order valence-corrected chi connectivity index (χ1v) is 6.01. The standard InChI is InChI=1S/C12H16ClN3O/c1-9(17)16-12(8-14-5-6-15-12)10-3-2-4-11(13)7-10/h2-4,7,14-15H,5-6,8H2,1H3,(H,16,17). The summed E-state index contributed by atoms with van der Waals surface area (Å²) in [7, 11) is 0. The third-order valence-corrected chi connectivity index (χ3v) is 3.06. The average Bonchev–Trinajstić information content (AvgIpc) is 2.29. The SMILES string of the molecule is CC(=O)NC1(c2cccc(Cl)c2)CNCCN1. The van der Waals surface area contributed by atoms with Crippen molar-refractivity contribution in [3.05, 3.63) is 34.9 Å². The Labute approximate surface area is 106 Å². The van der Waals surface area contributed by atoms with E-state index in [1.807, 2.05) is 24.3 Å². The number of piperazine rings is 1. The fourth-order valence-electron chi connectivity index (χ4n) is 2.12. The van der Waals surface area contributed by atoms with Crippen molar-refractivity contribution >= 4 is 17.5 Å². The number of hydrogen-bond acceptors (Lipinski definition) is 3. The van der Waals surface area contributed by atoms with Crippen LogP contribution in [-0.2, 0) is 10.5 Å². The van der Waals surface area contributed by atoms with Crippen molar-refractivity contribution in [1.82, 2.24) is 16.0 Å². The van der Waals surface area contributed by atoms with Crippen LogP contribution in [0.15, 0.2) is 24.3 Å². The smallest absolute Gasteiger partial charge is 0.218 e. The van der Waals surface area contributed by atoms with E-state index in [1.165, 1.54) is 6.92 Å². The van der Waals surface area contributed by atoms with Crippen LogP contribution in [0.25, 0.3) is 0 Å². The molecule has 1 saturated heterocycles. The largest absolute Gasteiger partial charge is 0.333 e. The summed E-state index contributed by atoms with van der Waals surface area (Å²) in [5.74, 6) is -0.0684. The van der Waals surface area contributed by atoms with E-state index in [9.17, 15) is 4.79 Å². The van der Waals surface area contributed by atoms with Crippen LogP contribution >= 0.6 is 11.6 Å². The fourth-order valence-corrected chi connectivity index (χ4v) is 2.31. The number of amides is 1. The Hall–Kier alpha value is -1.10. The Bertz CT molecular complexity index is 416. The molecule has 1 atom stereocenters. The second-order valence-corrected chi connectivity index (χ2v) is 4.64. The van der Waals surface area contributed by atoms with Crippen molar-refractivity contribution in [1.29, 1.82) is 0 Å². The molecule has 1 heterocycles. The number of carbonyl (C=O) groups excluding carboxylic acids is 1. The third kappa shape index (κ3) is 2.77. The fraction of sp³-hybridized carbons (Fsp3) is 0.417. The maximum absolute atomic E-state index is 11.4. The molecule has 0 spiro atoms. The van der Waals surface area contributed by atoms with E-state index in [2.05, 4.69) is 16.0 Å². The highest BCUT2D eigenvalue weighted by Gasteiger charge is 2.34. The van der Waals surface area contributed by atoms with Crippen molar-refractivity contribution in [2.75, 3.05) is 19.6 Å². The molecule has 1 fully saturated rings. The summed E-state index contributed by atoms with van der Waals surface area (Å²) in [6.45, 7) is 3.85. The molecule has 17 heavy (non-hydrogen) atoms. The number of hydrogen-bond donors (Lipinski definition) is 3. The van der Waals surface area contributed by atoms with Crippen LogP contribution in [0.4, 0.5) is 0 Å². The van der Waals surface area contributed by atoms with E-state index < -0.39 is 5.66 Å². The first-order valence-electron chi connectivity index (χ1n) is 5.63. The average molecular weight is 254 g/mol. The van der Waals surface area contributed by atoms with Crippen LogP contribution < -0.4 is 16.0 Å². The van der Waals surface area contributed by atoms with E-state index in [0.717, 1.165) is 18.7 Å². The first-order chi connectivity index (χ1) is 8.12. The summed E-state index contributed by atoms with van der Waals surface area (Å²) in [4.78, 5) is 11.4. The van der Waals surface area contributed by atoms with Crippen LogP contribution in [0.1, 0.15) is 12.5 Å². The van der Waals surface area contributed by atoms with Gasteiger partial charge in [0, 0.05) is 31.6 Å². The van der Waals surface area contributed by atoms with Gasteiger partial charge in [0.1, 0.15) is 5.66 Å². The summed E-state index contributed by atoms with van der Waals surface area (Å²) >= 11 is 6.00. The molecule has 0 bridgehead atoms. The van der Waals surface area contributed by atoms with Crippen molar-refractivity contribution < 1.29 is 4.79 Å².